The van der Waals surface area contributed by atoms with Crippen molar-refractivity contribution in [3.63, 3.8) is 0 Å². The van der Waals surface area contributed by atoms with Crippen LogP contribution in [0.4, 0.5) is 0 Å². The summed E-state index contributed by atoms with van der Waals surface area (Å²) < 4.78 is 0. The molecule has 0 spiro atoms. The Labute approximate surface area is 162 Å². The number of halogens is 1. The Morgan fingerprint density at radius 2 is 1.77 bits per heavy atom. The lowest BCUT2D eigenvalue weighted by Crippen LogP contribution is -2.51. The van der Waals surface area contributed by atoms with E-state index in [0.29, 0.717) is 43.5 Å². The largest absolute Gasteiger partial charge is 0.339 e. The summed E-state index contributed by atoms with van der Waals surface area (Å²) in [6.45, 7) is 2.46. The first-order valence-electron chi connectivity index (χ1n) is 8.97. The van der Waals surface area contributed by atoms with Crippen LogP contribution in [0.3, 0.4) is 0 Å². The van der Waals surface area contributed by atoms with Gasteiger partial charge in [0.1, 0.15) is 0 Å². The number of rotatable bonds is 4. The van der Waals surface area contributed by atoms with Gasteiger partial charge in [-0.3, -0.25) is 9.59 Å². The molecule has 1 saturated carbocycles. The van der Waals surface area contributed by atoms with Crippen LogP contribution < -0.4 is 0 Å². The van der Waals surface area contributed by atoms with Crippen molar-refractivity contribution in [2.45, 2.75) is 18.8 Å². The third-order valence-electron chi connectivity index (χ3n) is 5.26. The molecule has 4 rings (SSSR count). The van der Waals surface area contributed by atoms with Gasteiger partial charge in [0.25, 0.3) is 0 Å². The first-order chi connectivity index (χ1) is 12.6. The molecule has 0 bridgehead atoms. The van der Waals surface area contributed by atoms with E-state index >= 15 is 0 Å². The number of amides is 2. The summed E-state index contributed by atoms with van der Waals surface area (Å²) >= 11 is 7.88. The molecule has 2 heterocycles. The average Bonchev–Trinajstić information content (AvgIpc) is 3.27. The molecule has 1 aromatic heterocycles. The second-order valence-corrected chi connectivity index (χ2v) is 8.32. The van der Waals surface area contributed by atoms with Crippen molar-refractivity contribution in [3.8, 4) is 0 Å². The number of hydrogen-bond acceptors (Lipinski definition) is 3. The molecule has 2 atom stereocenters. The minimum Gasteiger partial charge on any atom is -0.339 e. The van der Waals surface area contributed by atoms with E-state index < -0.39 is 0 Å². The number of benzene rings is 1. The molecule has 0 radical (unpaired) electrons. The monoisotopic (exact) mass is 388 g/mol. The number of hydrogen-bond donors (Lipinski definition) is 0. The molecule has 2 amide bonds. The number of carbonyl (C=O) groups excluding carboxylic acids is 2. The van der Waals surface area contributed by atoms with Gasteiger partial charge >= 0.3 is 0 Å². The molecule has 1 aromatic carbocycles. The molecule has 136 valence electrons. The highest BCUT2D eigenvalue weighted by atomic mass is 35.5. The zero-order chi connectivity index (χ0) is 18.1. The topological polar surface area (TPSA) is 40.6 Å². The molecule has 2 fully saturated rings. The van der Waals surface area contributed by atoms with Crippen LogP contribution in [0.25, 0.3) is 0 Å². The van der Waals surface area contributed by atoms with E-state index in [1.54, 1.807) is 17.4 Å². The number of carbonyl (C=O) groups is 2. The van der Waals surface area contributed by atoms with Gasteiger partial charge in [0.05, 0.1) is 6.42 Å². The van der Waals surface area contributed by atoms with Gasteiger partial charge in [-0.15, -0.1) is 11.3 Å². The maximum Gasteiger partial charge on any atom is 0.227 e. The standard InChI is InChI=1S/C20H21ClN2O2S/c21-17-5-2-1-4-14(17)12-19(24)22-7-9-23(10-8-22)20(25)16-13-15(16)18-6-3-11-26-18/h1-6,11,15-16H,7-10,12-13H2. The molecular formula is C20H21ClN2O2S. The van der Waals surface area contributed by atoms with Gasteiger partial charge in [0, 0.05) is 47.9 Å². The number of thiophene rings is 1. The molecule has 1 saturated heterocycles. The Hall–Kier alpha value is -1.85. The van der Waals surface area contributed by atoms with E-state index in [1.165, 1.54) is 4.88 Å². The van der Waals surface area contributed by atoms with E-state index in [-0.39, 0.29) is 17.7 Å². The van der Waals surface area contributed by atoms with Crippen molar-refractivity contribution in [1.29, 1.82) is 0 Å². The number of piperazine rings is 1. The fourth-order valence-electron chi connectivity index (χ4n) is 3.61. The summed E-state index contributed by atoms with van der Waals surface area (Å²) in [5.74, 6) is 0.871. The van der Waals surface area contributed by atoms with E-state index in [2.05, 4.69) is 11.4 Å². The summed E-state index contributed by atoms with van der Waals surface area (Å²) in [6.07, 6.45) is 1.28. The lowest BCUT2D eigenvalue weighted by Gasteiger charge is -2.35. The van der Waals surface area contributed by atoms with Crippen LogP contribution in [-0.4, -0.2) is 47.8 Å². The molecule has 1 aliphatic carbocycles. The average molecular weight is 389 g/mol. The summed E-state index contributed by atoms with van der Waals surface area (Å²) in [4.78, 5) is 30.3. The summed E-state index contributed by atoms with van der Waals surface area (Å²) in [6, 6.07) is 11.6. The normalized spacial score (nSPS) is 22.3. The Kier molecular flexibility index (Phi) is 5.00. The summed E-state index contributed by atoms with van der Waals surface area (Å²) in [5.41, 5.74) is 0.856. The lowest BCUT2D eigenvalue weighted by atomic mass is 10.1. The minimum atomic E-state index is 0.0769. The molecule has 2 aliphatic rings. The zero-order valence-corrected chi connectivity index (χ0v) is 16.0. The molecule has 4 nitrogen and oxygen atoms in total. The molecular weight excluding hydrogens is 368 g/mol. The van der Waals surface area contributed by atoms with Crippen LogP contribution in [0.2, 0.25) is 5.02 Å². The highest BCUT2D eigenvalue weighted by molar-refractivity contribution is 7.10. The van der Waals surface area contributed by atoms with Crippen molar-refractivity contribution in [2.75, 3.05) is 26.2 Å². The van der Waals surface area contributed by atoms with Gasteiger partial charge in [0.2, 0.25) is 11.8 Å². The van der Waals surface area contributed by atoms with Gasteiger partial charge in [-0.05, 0) is 29.5 Å². The second kappa shape index (κ2) is 7.41. The zero-order valence-electron chi connectivity index (χ0n) is 14.4. The number of nitrogens with zero attached hydrogens (tertiary/aromatic N) is 2. The fourth-order valence-corrected chi connectivity index (χ4v) is 4.72. The van der Waals surface area contributed by atoms with Crippen molar-refractivity contribution < 1.29 is 9.59 Å². The van der Waals surface area contributed by atoms with Gasteiger partial charge in [-0.1, -0.05) is 35.9 Å². The molecule has 2 aromatic rings. The predicted molar refractivity (Wildman–Crippen MR) is 103 cm³/mol. The van der Waals surface area contributed by atoms with Crippen LogP contribution in [-0.2, 0) is 16.0 Å². The van der Waals surface area contributed by atoms with Gasteiger partial charge in [0.15, 0.2) is 0 Å². The second-order valence-electron chi connectivity index (χ2n) is 6.94. The quantitative estimate of drug-likeness (QED) is 0.805. The maximum absolute atomic E-state index is 12.7. The third-order valence-corrected chi connectivity index (χ3v) is 6.63. The first-order valence-corrected chi connectivity index (χ1v) is 10.2. The Morgan fingerprint density at radius 3 is 2.46 bits per heavy atom. The van der Waals surface area contributed by atoms with Crippen LogP contribution in [0, 0.1) is 5.92 Å². The SMILES string of the molecule is O=C(Cc1ccccc1Cl)N1CCN(C(=O)C2CC2c2cccs2)CC1. The highest BCUT2D eigenvalue weighted by Crippen LogP contribution is 2.50. The summed E-state index contributed by atoms with van der Waals surface area (Å²) in [5, 5.41) is 2.70. The van der Waals surface area contributed by atoms with Crippen molar-refractivity contribution in [1.82, 2.24) is 9.80 Å². The van der Waals surface area contributed by atoms with Crippen molar-refractivity contribution >= 4 is 34.8 Å². The lowest BCUT2D eigenvalue weighted by molar-refractivity contribution is -0.140. The fraction of sp³-hybridized carbons (Fsp3) is 0.400. The van der Waals surface area contributed by atoms with Crippen LogP contribution in [0.1, 0.15) is 22.8 Å². The van der Waals surface area contributed by atoms with E-state index in [1.807, 2.05) is 34.1 Å². The van der Waals surface area contributed by atoms with Crippen LogP contribution in [0.15, 0.2) is 41.8 Å². The Morgan fingerprint density at radius 1 is 1.04 bits per heavy atom. The third kappa shape index (κ3) is 3.64. The smallest absolute Gasteiger partial charge is 0.227 e. The highest BCUT2D eigenvalue weighted by Gasteiger charge is 2.46. The molecule has 26 heavy (non-hydrogen) atoms. The molecule has 2 unspecified atom stereocenters. The summed E-state index contributed by atoms with van der Waals surface area (Å²) in [7, 11) is 0. The molecule has 0 N–H and O–H groups in total. The van der Waals surface area contributed by atoms with Gasteiger partial charge in [-0.25, -0.2) is 0 Å². The van der Waals surface area contributed by atoms with Gasteiger partial charge in [-0.2, -0.15) is 0 Å². The first kappa shape index (κ1) is 17.6. The van der Waals surface area contributed by atoms with Crippen LogP contribution >= 0.6 is 22.9 Å². The van der Waals surface area contributed by atoms with E-state index in [9.17, 15) is 9.59 Å². The van der Waals surface area contributed by atoms with Crippen molar-refractivity contribution in [3.05, 3.63) is 57.2 Å². The van der Waals surface area contributed by atoms with E-state index in [0.717, 1.165) is 12.0 Å². The Balaban J connectivity index is 1.28. The van der Waals surface area contributed by atoms with E-state index in [4.69, 9.17) is 11.6 Å². The molecule has 6 heteroatoms. The minimum absolute atomic E-state index is 0.0769. The van der Waals surface area contributed by atoms with Gasteiger partial charge < -0.3 is 9.80 Å². The molecule has 1 aliphatic heterocycles. The van der Waals surface area contributed by atoms with Crippen molar-refractivity contribution in [2.24, 2.45) is 5.92 Å². The van der Waals surface area contributed by atoms with Crippen LogP contribution in [0.5, 0.6) is 0 Å². The maximum atomic E-state index is 12.7. The predicted octanol–water partition coefficient (Wildman–Crippen LogP) is 3.42. The Bertz CT molecular complexity index is 800.